The molecule has 0 aromatic carbocycles. The Kier molecular flexibility index (Phi) is 5.73. The van der Waals surface area contributed by atoms with Crippen LogP contribution in [0.1, 0.15) is 38.4 Å². The van der Waals surface area contributed by atoms with Crippen molar-refractivity contribution in [1.82, 2.24) is 15.3 Å². The average molecular weight is 312 g/mol. The molecule has 2 heterocycles. The van der Waals surface area contributed by atoms with Crippen LogP contribution in [0.15, 0.2) is 5.38 Å². The zero-order valence-electron chi connectivity index (χ0n) is 13.6. The van der Waals surface area contributed by atoms with Crippen LogP contribution in [0.3, 0.4) is 0 Å². The number of rotatable bonds is 5. The molecular weight excluding hydrogens is 284 g/mol. The van der Waals surface area contributed by atoms with E-state index in [4.69, 9.17) is 15.6 Å². The van der Waals surface area contributed by atoms with Gasteiger partial charge in [0.1, 0.15) is 0 Å². The van der Waals surface area contributed by atoms with Crippen LogP contribution in [0.25, 0.3) is 0 Å². The number of hydrogen-bond acceptors (Lipinski definition) is 6. The summed E-state index contributed by atoms with van der Waals surface area (Å²) in [6.07, 6.45) is 0.949. The molecule has 3 N–H and O–H groups in total. The van der Waals surface area contributed by atoms with Crippen LogP contribution in [-0.4, -0.2) is 48.3 Å². The number of nitrogens with two attached hydrogens (primary N) is 1. The lowest BCUT2D eigenvalue weighted by atomic mass is 9.93. The highest BCUT2D eigenvalue weighted by atomic mass is 32.1. The van der Waals surface area contributed by atoms with E-state index in [0.717, 1.165) is 43.4 Å². The normalized spacial score (nSPS) is 22.4. The third kappa shape index (κ3) is 4.47. The van der Waals surface area contributed by atoms with Crippen molar-refractivity contribution < 1.29 is 4.74 Å². The average Bonchev–Trinajstić information content (AvgIpc) is 2.93. The van der Waals surface area contributed by atoms with Gasteiger partial charge in [-0.2, -0.15) is 0 Å². The molecule has 120 valence electrons. The number of morpholine rings is 1. The van der Waals surface area contributed by atoms with Gasteiger partial charge in [0.25, 0.3) is 0 Å². The zero-order chi connectivity index (χ0) is 15.5. The minimum absolute atomic E-state index is 0.0980. The van der Waals surface area contributed by atoms with Crippen LogP contribution in [0.4, 0.5) is 0 Å². The van der Waals surface area contributed by atoms with Crippen molar-refractivity contribution in [3.8, 4) is 0 Å². The molecule has 0 spiro atoms. The lowest BCUT2D eigenvalue weighted by Crippen LogP contribution is -2.54. The number of hydrogen-bond donors (Lipinski definition) is 2. The molecule has 0 aliphatic carbocycles. The number of thiazole rings is 1. The van der Waals surface area contributed by atoms with E-state index < -0.39 is 0 Å². The molecule has 21 heavy (non-hydrogen) atoms. The standard InChI is InChI=1S/C15H28N4OS/c1-5-19-6-7-20-12(9-19)11(18-16)8-14-17-13(10-21-14)15(2,3)4/h10-12,18H,5-9,16H2,1-4H3. The number of likely N-dealkylation sites (N-methyl/N-ethyl adjacent to an activating group) is 1. The topological polar surface area (TPSA) is 63.4 Å². The maximum atomic E-state index is 5.90. The molecule has 2 atom stereocenters. The number of ether oxygens (including phenoxy) is 1. The Bertz CT molecular complexity index is 443. The Morgan fingerprint density at radius 1 is 1.57 bits per heavy atom. The van der Waals surface area contributed by atoms with Crippen molar-refractivity contribution in [1.29, 1.82) is 0 Å². The minimum Gasteiger partial charge on any atom is -0.374 e. The molecule has 6 heteroatoms. The second kappa shape index (κ2) is 7.15. The van der Waals surface area contributed by atoms with Gasteiger partial charge in [0.2, 0.25) is 0 Å². The minimum atomic E-state index is 0.0980. The van der Waals surface area contributed by atoms with Crippen LogP contribution >= 0.6 is 11.3 Å². The van der Waals surface area contributed by atoms with Crippen molar-refractivity contribution in [3.63, 3.8) is 0 Å². The molecule has 1 aliphatic rings. The first-order valence-electron chi connectivity index (χ1n) is 7.69. The molecule has 0 radical (unpaired) electrons. The van der Waals surface area contributed by atoms with Crippen molar-refractivity contribution in [3.05, 3.63) is 16.1 Å². The smallest absolute Gasteiger partial charge is 0.0945 e. The molecule has 0 saturated carbocycles. The predicted octanol–water partition coefficient (Wildman–Crippen LogP) is 1.54. The molecule has 2 rings (SSSR count). The molecule has 1 aromatic heterocycles. The largest absolute Gasteiger partial charge is 0.374 e. The SMILES string of the molecule is CCN1CCOC(C(Cc2nc(C(C)(C)C)cs2)NN)C1. The molecule has 1 saturated heterocycles. The summed E-state index contributed by atoms with van der Waals surface area (Å²) in [4.78, 5) is 7.16. The number of nitrogens with one attached hydrogen (secondary N) is 1. The van der Waals surface area contributed by atoms with Crippen molar-refractivity contribution in [2.75, 3.05) is 26.2 Å². The lowest BCUT2D eigenvalue weighted by Gasteiger charge is -2.36. The first kappa shape index (κ1) is 16.8. The van der Waals surface area contributed by atoms with Crippen LogP contribution in [0, 0.1) is 0 Å². The summed E-state index contributed by atoms with van der Waals surface area (Å²) in [7, 11) is 0. The second-order valence-corrected chi connectivity index (χ2v) is 7.60. The van der Waals surface area contributed by atoms with Gasteiger partial charge in [0.05, 0.1) is 29.5 Å². The highest BCUT2D eigenvalue weighted by Gasteiger charge is 2.28. The van der Waals surface area contributed by atoms with Crippen molar-refractivity contribution >= 4 is 11.3 Å². The quantitative estimate of drug-likeness (QED) is 0.638. The van der Waals surface area contributed by atoms with E-state index >= 15 is 0 Å². The monoisotopic (exact) mass is 312 g/mol. The van der Waals surface area contributed by atoms with Gasteiger partial charge in [-0.1, -0.05) is 27.7 Å². The summed E-state index contributed by atoms with van der Waals surface area (Å²) in [5.41, 5.74) is 4.18. The summed E-state index contributed by atoms with van der Waals surface area (Å²) in [6.45, 7) is 12.5. The van der Waals surface area contributed by atoms with Gasteiger partial charge in [0, 0.05) is 30.3 Å². The summed E-state index contributed by atoms with van der Waals surface area (Å²) >= 11 is 1.71. The Labute approximate surface area is 131 Å². The van der Waals surface area contributed by atoms with Gasteiger partial charge in [-0.15, -0.1) is 11.3 Å². The fourth-order valence-electron chi connectivity index (χ4n) is 2.50. The predicted molar refractivity (Wildman–Crippen MR) is 87.5 cm³/mol. The van der Waals surface area contributed by atoms with Gasteiger partial charge in [-0.05, 0) is 6.54 Å². The van der Waals surface area contributed by atoms with Crippen molar-refractivity contribution in [2.45, 2.75) is 51.7 Å². The van der Waals surface area contributed by atoms with Gasteiger partial charge < -0.3 is 4.74 Å². The number of nitrogens with zero attached hydrogens (tertiary/aromatic N) is 2. The van der Waals surface area contributed by atoms with Gasteiger partial charge in [0.15, 0.2) is 0 Å². The van der Waals surface area contributed by atoms with E-state index in [9.17, 15) is 0 Å². The van der Waals surface area contributed by atoms with Gasteiger partial charge >= 0.3 is 0 Å². The van der Waals surface area contributed by atoms with E-state index in [1.807, 2.05) is 0 Å². The highest BCUT2D eigenvalue weighted by molar-refractivity contribution is 7.09. The van der Waals surface area contributed by atoms with Crippen LogP contribution in [-0.2, 0) is 16.6 Å². The van der Waals surface area contributed by atoms with E-state index in [-0.39, 0.29) is 17.6 Å². The van der Waals surface area contributed by atoms with Crippen LogP contribution < -0.4 is 11.3 Å². The highest BCUT2D eigenvalue weighted by Crippen LogP contribution is 2.25. The second-order valence-electron chi connectivity index (χ2n) is 6.66. The molecule has 5 nitrogen and oxygen atoms in total. The fourth-order valence-corrected chi connectivity index (χ4v) is 3.58. The number of aromatic nitrogens is 1. The Morgan fingerprint density at radius 3 is 2.90 bits per heavy atom. The van der Waals surface area contributed by atoms with Gasteiger partial charge in [-0.3, -0.25) is 16.2 Å². The number of hydrazine groups is 1. The summed E-state index contributed by atoms with van der Waals surface area (Å²) in [6, 6.07) is 0.110. The fraction of sp³-hybridized carbons (Fsp3) is 0.800. The molecule has 0 amide bonds. The Balaban J connectivity index is 2.00. The van der Waals surface area contributed by atoms with E-state index in [1.165, 1.54) is 0 Å². The lowest BCUT2D eigenvalue weighted by molar-refractivity contribution is -0.0448. The van der Waals surface area contributed by atoms with E-state index in [1.54, 1.807) is 11.3 Å². The zero-order valence-corrected chi connectivity index (χ0v) is 14.4. The van der Waals surface area contributed by atoms with Crippen LogP contribution in [0.2, 0.25) is 0 Å². The van der Waals surface area contributed by atoms with E-state index in [2.05, 4.69) is 43.4 Å². The summed E-state index contributed by atoms with van der Waals surface area (Å²) < 4.78 is 5.90. The molecule has 1 aliphatic heterocycles. The molecule has 1 aromatic rings. The third-order valence-electron chi connectivity index (χ3n) is 4.00. The Hall–Kier alpha value is -0.530. The first-order valence-corrected chi connectivity index (χ1v) is 8.57. The maximum absolute atomic E-state index is 5.90. The van der Waals surface area contributed by atoms with Gasteiger partial charge in [-0.25, -0.2) is 4.98 Å². The molecule has 2 unspecified atom stereocenters. The van der Waals surface area contributed by atoms with Crippen LogP contribution in [0.5, 0.6) is 0 Å². The van der Waals surface area contributed by atoms with Crippen molar-refractivity contribution in [2.24, 2.45) is 5.84 Å². The van der Waals surface area contributed by atoms with E-state index in [0.29, 0.717) is 0 Å². The maximum Gasteiger partial charge on any atom is 0.0945 e. The summed E-state index contributed by atoms with van der Waals surface area (Å²) in [5, 5.41) is 3.28. The molecule has 0 bridgehead atoms. The molecule has 1 fully saturated rings. The first-order chi connectivity index (χ1) is 9.94. The Morgan fingerprint density at radius 2 is 2.33 bits per heavy atom. The third-order valence-corrected chi connectivity index (χ3v) is 4.87. The summed E-state index contributed by atoms with van der Waals surface area (Å²) in [5.74, 6) is 5.76. The molecular formula is C15H28N4OS.